The van der Waals surface area contributed by atoms with E-state index in [9.17, 15) is 0 Å². The van der Waals surface area contributed by atoms with E-state index >= 15 is 0 Å². The van der Waals surface area contributed by atoms with E-state index in [1.54, 1.807) is 11.8 Å². The number of thioether (sulfide) groups is 1. The van der Waals surface area contributed by atoms with E-state index in [2.05, 4.69) is 9.97 Å². The third-order valence-electron chi connectivity index (χ3n) is 2.54. The summed E-state index contributed by atoms with van der Waals surface area (Å²) in [4.78, 5) is 8.25. The molecule has 2 N–H and O–H groups in total. The van der Waals surface area contributed by atoms with Gasteiger partial charge in [-0.25, -0.2) is 4.98 Å². The highest BCUT2D eigenvalue weighted by Gasteiger charge is 2.09. The van der Waals surface area contributed by atoms with Crippen molar-refractivity contribution in [2.24, 2.45) is 0 Å². The molecule has 0 aliphatic heterocycles. The average Bonchev–Trinajstić information content (AvgIpc) is 2.47. The van der Waals surface area contributed by atoms with Gasteiger partial charge >= 0.3 is 0 Å². The fourth-order valence-electron chi connectivity index (χ4n) is 1.53. The van der Waals surface area contributed by atoms with Gasteiger partial charge in [-0.1, -0.05) is 42.4 Å². The topological polar surface area (TPSA) is 61.0 Å². The van der Waals surface area contributed by atoms with Crippen molar-refractivity contribution >= 4 is 29.1 Å². The Labute approximate surface area is 127 Å². The van der Waals surface area contributed by atoms with Crippen molar-refractivity contribution in [1.82, 2.24) is 9.97 Å². The zero-order valence-corrected chi connectivity index (χ0v) is 12.7. The molecule has 1 aromatic heterocycles. The molecule has 0 aliphatic carbocycles. The van der Waals surface area contributed by atoms with Crippen LogP contribution in [-0.2, 0) is 5.75 Å². The number of nitrogens with two attached hydrogens (primary N) is 1. The van der Waals surface area contributed by atoms with Gasteiger partial charge in [-0.05, 0) is 24.1 Å². The molecule has 1 aromatic carbocycles. The number of rotatable bonds is 6. The van der Waals surface area contributed by atoms with E-state index in [4.69, 9.17) is 22.1 Å². The number of anilines is 1. The minimum atomic E-state index is 0.459. The molecule has 0 atom stereocenters. The molecule has 0 fully saturated rings. The fourth-order valence-corrected chi connectivity index (χ4v) is 2.51. The lowest BCUT2D eigenvalue weighted by Gasteiger charge is -2.09. The van der Waals surface area contributed by atoms with Crippen LogP contribution in [0.3, 0.4) is 0 Å². The molecule has 0 aliphatic rings. The quantitative estimate of drug-likeness (QED) is 0.649. The number of hydrogen-bond donors (Lipinski definition) is 1. The highest BCUT2D eigenvalue weighted by molar-refractivity contribution is 7.98. The van der Waals surface area contributed by atoms with Crippen molar-refractivity contribution in [1.29, 1.82) is 0 Å². The summed E-state index contributed by atoms with van der Waals surface area (Å²) < 4.78 is 5.49. The van der Waals surface area contributed by atoms with E-state index in [1.807, 2.05) is 31.2 Å². The van der Waals surface area contributed by atoms with Crippen LogP contribution in [-0.4, -0.2) is 16.6 Å². The monoisotopic (exact) mass is 309 g/mol. The second-order valence-corrected chi connectivity index (χ2v) is 5.56. The summed E-state index contributed by atoms with van der Waals surface area (Å²) in [6.45, 7) is 2.64. The Bertz CT molecular complexity index is 563. The van der Waals surface area contributed by atoms with Crippen molar-refractivity contribution in [3.05, 3.63) is 41.2 Å². The van der Waals surface area contributed by atoms with Crippen LogP contribution in [0.25, 0.3) is 0 Å². The number of nitrogen functional groups attached to an aromatic ring is 1. The van der Waals surface area contributed by atoms with Crippen molar-refractivity contribution in [3.8, 4) is 5.88 Å². The first kappa shape index (κ1) is 14.9. The summed E-state index contributed by atoms with van der Waals surface area (Å²) >= 11 is 7.41. The molecule has 2 rings (SSSR count). The maximum Gasteiger partial charge on any atom is 0.241 e. The molecule has 0 amide bonds. The maximum atomic E-state index is 6.02. The molecular weight excluding hydrogens is 294 g/mol. The lowest BCUT2D eigenvalue weighted by Crippen LogP contribution is -2.03. The van der Waals surface area contributed by atoms with Gasteiger partial charge in [0.1, 0.15) is 17.0 Å². The lowest BCUT2D eigenvalue weighted by molar-refractivity contribution is 0.305. The highest BCUT2D eigenvalue weighted by atomic mass is 35.5. The number of aromatic nitrogens is 2. The Morgan fingerprint density at radius 1 is 1.25 bits per heavy atom. The van der Waals surface area contributed by atoms with Gasteiger partial charge in [0.15, 0.2) is 0 Å². The van der Waals surface area contributed by atoms with E-state index in [-0.39, 0.29) is 0 Å². The van der Waals surface area contributed by atoms with Crippen LogP contribution in [0.4, 0.5) is 5.69 Å². The van der Waals surface area contributed by atoms with Crippen LogP contribution in [0.15, 0.2) is 35.6 Å². The summed E-state index contributed by atoms with van der Waals surface area (Å²) in [5.74, 6) is 1.23. The molecule has 2 aromatic rings. The van der Waals surface area contributed by atoms with Gasteiger partial charge in [0, 0.05) is 10.8 Å². The third-order valence-corrected chi connectivity index (χ3v) is 3.87. The normalized spacial score (nSPS) is 10.5. The largest absolute Gasteiger partial charge is 0.476 e. The Morgan fingerprint density at radius 3 is 2.70 bits per heavy atom. The summed E-state index contributed by atoms with van der Waals surface area (Å²) in [7, 11) is 0. The van der Waals surface area contributed by atoms with E-state index in [0.717, 1.165) is 27.8 Å². The molecule has 1 heterocycles. The number of nitrogens with zero attached hydrogens (tertiary/aromatic N) is 2. The van der Waals surface area contributed by atoms with Crippen LogP contribution >= 0.6 is 23.4 Å². The molecule has 0 spiro atoms. The SMILES string of the molecule is CCCOc1ncnc(SCc2ccc(Cl)cc2)c1N. The zero-order chi connectivity index (χ0) is 14.4. The molecule has 0 saturated heterocycles. The molecular formula is C14H16ClN3OS. The van der Waals surface area contributed by atoms with Crippen molar-refractivity contribution in [2.75, 3.05) is 12.3 Å². The predicted octanol–water partition coefficient (Wildman–Crippen LogP) is 3.79. The van der Waals surface area contributed by atoms with Crippen molar-refractivity contribution in [3.63, 3.8) is 0 Å². The standard InChI is InChI=1S/C14H16ClN3OS/c1-2-7-19-13-12(16)14(18-9-17-13)20-8-10-3-5-11(15)6-4-10/h3-6,9H,2,7-8,16H2,1H3. The van der Waals surface area contributed by atoms with Gasteiger partial charge < -0.3 is 10.5 Å². The number of benzene rings is 1. The van der Waals surface area contributed by atoms with Gasteiger partial charge in [0.2, 0.25) is 5.88 Å². The van der Waals surface area contributed by atoms with Gasteiger partial charge in [-0.3, -0.25) is 0 Å². The molecule has 0 unspecified atom stereocenters. The van der Waals surface area contributed by atoms with Crippen LogP contribution < -0.4 is 10.5 Å². The average molecular weight is 310 g/mol. The smallest absolute Gasteiger partial charge is 0.241 e. The first-order valence-electron chi connectivity index (χ1n) is 6.31. The summed E-state index contributed by atoms with van der Waals surface area (Å²) in [6, 6.07) is 7.72. The van der Waals surface area contributed by atoms with Crippen LogP contribution in [0, 0.1) is 0 Å². The molecule has 106 valence electrons. The summed E-state index contributed by atoms with van der Waals surface area (Å²) in [6.07, 6.45) is 2.39. The summed E-state index contributed by atoms with van der Waals surface area (Å²) in [5, 5.41) is 1.47. The second-order valence-electron chi connectivity index (χ2n) is 4.16. The number of halogens is 1. The Kier molecular flexibility index (Phi) is 5.49. The summed E-state index contributed by atoms with van der Waals surface area (Å²) in [5.41, 5.74) is 7.68. The minimum absolute atomic E-state index is 0.459. The first-order valence-corrected chi connectivity index (χ1v) is 7.67. The van der Waals surface area contributed by atoms with E-state index < -0.39 is 0 Å². The van der Waals surface area contributed by atoms with Crippen LogP contribution in [0.2, 0.25) is 5.02 Å². The molecule has 0 radical (unpaired) electrons. The minimum Gasteiger partial charge on any atom is -0.476 e. The number of hydrogen-bond acceptors (Lipinski definition) is 5. The highest BCUT2D eigenvalue weighted by Crippen LogP contribution is 2.31. The Hall–Kier alpha value is -1.46. The molecule has 6 heteroatoms. The lowest BCUT2D eigenvalue weighted by atomic mass is 10.2. The van der Waals surface area contributed by atoms with Gasteiger partial charge in [0.05, 0.1) is 6.61 Å². The van der Waals surface area contributed by atoms with Crippen molar-refractivity contribution in [2.45, 2.75) is 24.1 Å². The van der Waals surface area contributed by atoms with Crippen molar-refractivity contribution < 1.29 is 4.74 Å². The van der Waals surface area contributed by atoms with Gasteiger partial charge in [-0.2, -0.15) is 4.98 Å². The predicted molar refractivity (Wildman–Crippen MR) is 83.2 cm³/mol. The fraction of sp³-hybridized carbons (Fsp3) is 0.286. The van der Waals surface area contributed by atoms with E-state index in [1.165, 1.54) is 6.33 Å². The number of ether oxygens (including phenoxy) is 1. The maximum absolute atomic E-state index is 6.02. The third kappa shape index (κ3) is 4.02. The first-order chi connectivity index (χ1) is 9.70. The Morgan fingerprint density at radius 2 is 2.00 bits per heavy atom. The van der Waals surface area contributed by atoms with Crippen LogP contribution in [0.5, 0.6) is 5.88 Å². The zero-order valence-electron chi connectivity index (χ0n) is 11.2. The molecule has 0 bridgehead atoms. The Balaban J connectivity index is 2.03. The van der Waals surface area contributed by atoms with Crippen LogP contribution in [0.1, 0.15) is 18.9 Å². The van der Waals surface area contributed by atoms with Gasteiger partial charge in [-0.15, -0.1) is 0 Å². The molecule has 0 saturated carbocycles. The molecule has 20 heavy (non-hydrogen) atoms. The van der Waals surface area contributed by atoms with Gasteiger partial charge in [0.25, 0.3) is 0 Å². The van der Waals surface area contributed by atoms with E-state index in [0.29, 0.717) is 18.2 Å². The molecule has 4 nitrogen and oxygen atoms in total. The second kappa shape index (κ2) is 7.36.